The SMILES string of the molecule is CC1CCN(C(=O)Nc2ccc(NCCN3CCCC3)nc2)CC1N(C)c1ncnc2[nH]ccc12. The highest BCUT2D eigenvalue weighted by molar-refractivity contribution is 5.90. The Labute approximate surface area is 206 Å². The molecule has 3 N–H and O–H groups in total. The van der Waals surface area contributed by atoms with Crippen LogP contribution in [0.3, 0.4) is 0 Å². The third-order valence-corrected chi connectivity index (χ3v) is 7.32. The standard InChI is InChI=1S/C25H35N9O/c1-18-8-13-34(16-21(18)32(2)24-20-7-9-27-23(20)29-17-30-24)25(35)31-19-5-6-22(28-15-19)26-10-14-33-11-3-4-12-33/h5-7,9,15,17-18,21H,3-4,8,10-14,16H2,1-2H3,(H,26,28)(H,31,35)(H,27,29,30). The number of hydrogen-bond donors (Lipinski definition) is 3. The zero-order valence-electron chi connectivity index (χ0n) is 20.6. The van der Waals surface area contributed by atoms with E-state index in [1.54, 1.807) is 12.5 Å². The molecule has 0 bridgehead atoms. The number of nitrogens with one attached hydrogen (secondary N) is 3. The van der Waals surface area contributed by atoms with Gasteiger partial charge >= 0.3 is 6.03 Å². The van der Waals surface area contributed by atoms with E-state index in [0.717, 1.165) is 48.7 Å². The van der Waals surface area contributed by atoms with E-state index in [1.165, 1.54) is 25.9 Å². The highest BCUT2D eigenvalue weighted by Gasteiger charge is 2.33. The summed E-state index contributed by atoms with van der Waals surface area (Å²) in [5.74, 6) is 2.14. The summed E-state index contributed by atoms with van der Waals surface area (Å²) in [4.78, 5) is 36.1. The number of carbonyl (C=O) groups excluding carboxylic acids is 1. The van der Waals surface area contributed by atoms with Gasteiger partial charge in [0.05, 0.1) is 23.3 Å². The van der Waals surface area contributed by atoms with Crippen LogP contribution >= 0.6 is 0 Å². The Morgan fingerprint density at radius 1 is 1.17 bits per heavy atom. The van der Waals surface area contributed by atoms with Gasteiger partial charge in [0.2, 0.25) is 0 Å². The summed E-state index contributed by atoms with van der Waals surface area (Å²) in [6, 6.07) is 5.88. The second-order valence-corrected chi connectivity index (χ2v) is 9.67. The Bertz CT molecular complexity index is 1130. The molecule has 2 aliphatic heterocycles. The van der Waals surface area contributed by atoms with Gasteiger partial charge in [-0.05, 0) is 56.5 Å². The molecule has 2 fully saturated rings. The van der Waals surface area contributed by atoms with Crippen LogP contribution in [0.25, 0.3) is 11.0 Å². The van der Waals surface area contributed by atoms with Crippen LogP contribution in [-0.2, 0) is 0 Å². The fourth-order valence-corrected chi connectivity index (χ4v) is 5.16. The lowest BCUT2D eigenvalue weighted by molar-refractivity contribution is 0.172. The lowest BCUT2D eigenvalue weighted by Gasteiger charge is -2.42. The summed E-state index contributed by atoms with van der Waals surface area (Å²) in [7, 11) is 2.05. The zero-order valence-corrected chi connectivity index (χ0v) is 20.6. The first-order valence-corrected chi connectivity index (χ1v) is 12.6. The number of fused-ring (bicyclic) bond motifs is 1. The number of urea groups is 1. The molecule has 0 aliphatic carbocycles. The van der Waals surface area contributed by atoms with Crippen LogP contribution in [0.15, 0.2) is 36.9 Å². The largest absolute Gasteiger partial charge is 0.369 e. The summed E-state index contributed by atoms with van der Waals surface area (Å²) in [5, 5.41) is 7.38. The maximum absolute atomic E-state index is 13.1. The number of hydrogen-bond acceptors (Lipinski definition) is 7. The number of aromatic amines is 1. The van der Waals surface area contributed by atoms with Crippen LogP contribution in [0.5, 0.6) is 0 Å². The van der Waals surface area contributed by atoms with Crippen molar-refractivity contribution < 1.29 is 4.79 Å². The van der Waals surface area contributed by atoms with Gasteiger partial charge in [-0.2, -0.15) is 0 Å². The molecule has 10 nitrogen and oxygen atoms in total. The molecular weight excluding hydrogens is 442 g/mol. The predicted octanol–water partition coefficient (Wildman–Crippen LogP) is 3.24. The van der Waals surface area contributed by atoms with E-state index in [4.69, 9.17) is 0 Å². The van der Waals surface area contributed by atoms with Gasteiger partial charge in [0.25, 0.3) is 0 Å². The number of carbonyl (C=O) groups is 1. The molecule has 5 rings (SSSR count). The molecule has 2 aliphatic rings. The fourth-order valence-electron chi connectivity index (χ4n) is 5.16. The van der Waals surface area contributed by atoms with Crippen molar-refractivity contribution in [2.24, 2.45) is 5.92 Å². The molecule has 2 atom stereocenters. The molecule has 0 radical (unpaired) electrons. The summed E-state index contributed by atoms with van der Waals surface area (Å²) >= 11 is 0. The van der Waals surface area contributed by atoms with Crippen molar-refractivity contribution in [2.75, 3.05) is 61.8 Å². The molecule has 0 spiro atoms. The second-order valence-electron chi connectivity index (χ2n) is 9.67. The first-order chi connectivity index (χ1) is 17.1. The topological polar surface area (TPSA) is 105 Å². The minimum absolute atomic E-state index is 0.0960. The van der Waals surface area contributed by atoms with Gasteiger partial charge in [0, 0.05) is 39.4 Å². The van der Waals surface area contributed by atoms with E-state index in [2.05, 4.69) is 54.3 Å². The number of rotatable bonds is 7. The predicted molar refractivity (Wildman–Crippen MR) is 139 cm³/mol. The van der Waals surface area contributed by atoms with Crippen molar-refractivity contribution in [3.05, 3.63) is 36.9 Å². The zero-order chi connectivity index (χ0) is 24.2. The third kappa shape index (κ3) is 5.32. The maximum Gasteiger partial charge on any atom is 0.321 e. The Morgan fingerprint density at radius 2 is 2.03 bits per heavy atom. The molecule has 2 saturated heterocycles. The minimum Gasteiger partial charge on any atom is -0.369 e. The number of piperidine rings is 1. The highest BCUT2D eigenvalue weighted by atomic mass is 16.2. The van der Waals surface area contributed by atoms with Crippen molar-refractivity contribution in [3.8, 4) is 0 Å². The molecule has 35 heavy (non-hydrogen) atoms. The van der Waals surface area contributed by atoms with E-state index in [1.807, 2.05) is 29.3 Å². The molecule has 3 aromatic rings. The van der Waals surface area contributed by atoms with E-state index in [0.29, 0.717) is 18.2 Å². The smallest absolute Gasteiger partial charge is 0.321 e. The lowest BCUT2D eigenvalue weighted by Crippen LogP contribution is -2.53. The molecule has 0 saturated carbocycles. The van der Waals surface area contributed by atoms with Crippen molar-refractivity contribution >= 4 is 34.4 Å². The van der Waals surface area contributed by atoms with Gasteiger partial charge in [-0.25, -0.2) is 19.7 Å². The average molecular weight is 478 g/mol. The van der Waals surface area contributed by atoms with Crippen LogP contribution in [0.2, 0.25) is 0 Å². The van der Waals surface area contributed by atoms with Crippen LogP contribution in [0.1, 0.15) is 26.2 Å². The molecule has 2 unspecified atom stereocenters. The van der Waals surface area contributed by atoms with Gasteiger partial charge in [-0.15, -0.1) is 0 Å². The first kappa shape index (κ1) is 23.3. The van der Waals surface area contributed by atoms with Crippen LogP contribution in [0.4, 0.5) is 22.1 Å². The van der Waals surface area contributed by atoms with Gasteiger partial charge < -0.3 is 30.3 Å². The van der Waals surface area contributed by atoms with Gasteiger partial charge in [0.1, 0.15) is 23.6 Å². The number of nitrogens with zero attached hydrogens (tertiary/aromatic N) is 6. The average Bonchev–Trinajstić information content (AvgIpc) is 3.57. The monoisotopic (exact) mass is 477 g/mol. The van der Waals surface area contributed by atoms with Crippen molar-refractivity contribution in [3.63, 3.8) is 0 Å². The lowest BCUT2D eigenvalue weighted by atomic mass is 9.92. The van der Waals surface area contributed by atoms with Crippen LogP contribution in [0, 0.1) is 5.92 Å². The third-order valence-electron chi connectivity index (χ3n) is 7.32. The minimum atomic E-state index is -0.0960. The van der Waals surface area contributed by atoms with Crippen LogP contribution < -0.4 is 15.5 Å². The number of aromatic nitrogens is 4. The number of anilines is 3. The number of likely N-dealkylation sites (tertiary alicyclic amines) is 2. The number of likely N-dealkylation sites (N-methyl/N-ethyl adjacent to an activating group) is 1. The molecule has 2 amide bonds. The normalized spacial score (nSPS) is 20.8. The summed E-state index contributed by atoms with van der Waals surface area (Å²) in [6.07, 6.45) is 8.72. The maximum atomic E-state index is 13.1. The summed E-state index contributed by atoms with van der Waals surface area (Å²) in [6.45, 7) is 7.90. The Hall–Kier alpha value is -3.40. The van der Waals surface area contributed by atoms with Crippen molar-refractivity contribution in [2.45, 2.75) is 32.2 Å². The molecule has 186 valence electrons. The van der Waals surface area contributed by atoms with E-state index >= 15 is 0 Å². The van der Waals surface area contributed by atoms with Gasteiger partial charge in [0.15, 0.2) is 0 Å². The van der Waals surface area contributed by atoms with E-state index < -0.39 is 0 Å². The van der Waals surface area contributed by atoms with Gasteiger partial charge in [-0.3, -0.25) is 0 Å². The Kier molecular flexibility index (Phi) is 6.98. The quantitative estimate of drug-likeness (QED) is 0.480. The van der Waals surface area contributed by atoms with Gasteiger partial charge in [-0.1, -0.05) is 6.92 Å². The highest BCUT2D eigenvalue weighted by Crippen LogP contribution is 2.29. The Morgan fingerprint density at radius 3 is 2.83 bits per heavy atom. The number of H-pyrrole nitrogens is 1. The molecule has 0 aromatic carbocycles. The molecule has 10 heteroatoms. The van der Waals surface area contributed by atoms with E-state index in [-0.39, 0.29) is 12.1 Å². The molecule has 3 aromatic heterocycles. The Balaban J connectivity index is 1.17. The number of amides is 2. The first-order valence-electron chi connectivity index (χ1n) is 12.6. The fraction of sp³-hybridized carbons (Fsp3) is 0.520. The summed E-state index contributed by atoms with van der Waals surface area (Å²) in [5.41, 5.74) is 1.52. The van der Waals surface area contributed by atoms with Crippen molar-refractivity contribution in [1.29, 1.82) is 0 Å². The second kappa shape index (κ2) is 10.5. The summed E-state index contributed by atoms with van der Waals surface area (Å²) < 4.78 is 0. The number of pyridine rings is 1. The molecular formula is C25H35N9O. The molecule has 5 heterocycles. The van der Waals surface area contributed by atoms with E-state index in [9.17, 15) is 4.79 Å². The van der Waals surface area contributed by atoms with Crippen molar-refractivity contribution in [1.82, 2.24) is 29.7 Å². The van der Waals surface area contributed by atoms with Crippen LogP contribution in [-0.4, -0.2) is 88.1 Å².